The third-order valence-corrected chi connectivity index (χ3v) is 3.94. The number of carbonyl (C=O) groups is 1. The molecule has 1 heterocycles. The molecule has 0 saturated carbocycles. The predicted molar refractivity (Wildman–Crippen MR) is 90.8 cm³/mol. The maximum Gasteiger partial charge on any atom is 0.410 e. The normalized spacial score (nSPS) is 11.6. The maximum atomic E-state index is 12.1. The molecule has 0 saturated heterocycles. The maximum absolute atomic E-state index is 12.1. The summed E-state index contributed by atoms with van der Waals surface area (Å²) >= 11 is 1.15. The van der Waals surface area contributed by atoms with Gasteiger partial charge in [0.2, 0.25) is 0 Å². The largest absolute Gasteiger partial charge is 0.444 e. The first-order chi connectivity index (χ1) is 10.6. The first-order valence-corrected chi connectivity index (χ1v) is 8.35. The molecule has 1 N–H and O–H groups in total. The molecule has 0 bridgehead atoms. The number of carbonyl (C=O) groups excluding carboxylic acids is 1. The standard InChI is InChI=1S/C15H25N3O4S/c1-11(2)17(14(19)22-15(3,4)5)9-8-16-10-12-6-7-13(23-12)18(20)21/h6-7,11,16H,8-10H2,1-5H3. The number of thiophene rings is 1. The lowest BCUT2D eigenvalue weighted by atomic mass is 10.2. The van der Waals surface area contributed by atoms with Crippen LogP contribution in [-0.4, -0.2) is 40.6 Å². The Balaban J connectivity index is 2.43. The van der Waals surface area contributed by atoms with Crippen LogP contribution in [0, 0.1) is 10.1 Å². The van der Waals surface area contributed by atoms with Crippen LogP contribution in [0.4, 0.5) is 9.80 Å². The smallest absolute Gasteiger partial charge is 0.410 e. The second kappa shape index (κ2) is 8.26. The summed E-state index contributed by atoms with van der Waals surface area (Å²) in [6, 6.07) is 3.28. The number of nitrogens with one attached hydrogen (secondary N) is 1. The van der Waals surface area contributed by atoms with Crippen LogP contribution in [0.3, 0.4) is 0 Å². The Morgan fingerprint density at radius 1 is 1.43 bits per heavy atom. The highest BCUT2D eigenvalue weighted by Gasteiger charge is 2.23. The number of nitrogens with zero attached hydrogens (tertiary/aromatic N) is 2. The summed E-state index contributed by atoms with van der Waals surface area (Å²) in [5.74, 6) is 0. The van der Waals surface area contributed by atoms with Crippen LogP contribution in [0.25, 0.3) is 0 Å². The van der Waals surface area contributed by atoms with Crippen molar-refractivity contribution < 1.29 is 14.5 Å². The van der Waals surface area contributed by atoms with Crippen molar-refractivity contribution >= 4 is 22.4 Å². The molecule has 0 atom stereocenters. The quantitative estimate of drug-likeness (QED) is 0.466. The molecule has 0 aromatic carbocycles. The average Bonchev–Trinajstić information content (AvgIpc) is 2.84. The van der Waals surface area contributed by atoms with Crippen LogP contribution in [-0.2, 0) is 11.3 Å². The van der Waals surface area contributed by atoms with Crippen molar-refractivity contribution in [1.82, 2.24) is 10.2 Å². The Kier molecular flexibility index (Phi) is 6.96. The van der Waals surface area contributed by atoms with E-state index in [0.717, 1.165) is 16.2 Å². The summed E-state index contributed by atoms with van der Waals surface area (Å²) in [6.07, 6.45) is -0.332. The summed E-state index contributed by atoms with van der Waals surface area (Å²) in [5, 5.41) is 14.0. The number of amides is 1. The number of rotatable bonds is 7. The Bertz CT molecular complexity index is 537. The highest BCUT2D eigenvalue weighted by molar-refractivity contribution is 7.15. The van der Waals surface area contributed by atoms with Crippen molar-refractivity contribution in [3.05, 3.63) is 27.1 Å². The molecule has 1 aromatic heterocycles. The van der Waals surface area contributed by atoms with Gasteiger partial charge in [-0.2, -0.15) is 0 Å². The minimum absolute atomic E-state index is 0.0366. The molecular weight excluding hydrogens is 318 g/mol. The van der Waals surface area contributed by atoms with Crippen molar-refractivity contribution in [2.45, 2.75) is 52.8 Å². The second-order valence-corrected chi connectivity index (χ2v) is 7.59. The summed E-state index contributed by atoms with van der Waals surface area (Å²) < 4.78 is 5.39. The third kappa shape index (κ3) is 6.96. The van der Waals surface area contributed by atoms with Crippen molar-refractivity contribution in [3.63, 3.8) is 0 Å². The van der Waals surface area contributed by atoms with Gasteiger partial charge in [-0.15, -0.1) is 0 Å². The molecule has 1 rings (SSSR count). The van der Waals surface area contributed by atoms with E-state index in [9.17, 15) is 14.9 Å². The third-order valence-electron chi connectivity index (χ3n) is 2.91. The molecule has 0 fully saturated rings. The van der Waals surface area contributed by atoms with Crippen molar-refractivity contribution in [3.8, 4) is 0 Å². The number of ether oxygens (including phenoxy) is 1. The van der Waals surface area contributed by atoms with Crippen molar-refractivity contribution in [1.29, 1.82) is 0 Å². The number of hydrogen-bond acceptors (Lipinski definition) is 6. The fourth-order valence-corrected chi connectivity index (χ4v) is 2.64. The lowest BCUT2D eigenvalue weighted by molar-refractivity contribution is -0.380. The first kappa shape index (κ1) is 19.4. The van der Waals surface area contributed by atoms with E-state index in [4.69, 9.17) is 4.74 Å². The Morgan fingerprint density at radius 3 is 2.57 bits per heavy atom. The zero-order chi connectivity index (χ0) is 17.6. The summed E-state index contributed by atoms with van der Waals surface area (Å²) in [5.41, 5.74) is -0.520. The summed E-state index contributed by atoms with van der Waals surface area (Å²) in [4.78, 5) is 24.9. The van der Waals surface area contributed by atoms with E-state index in [1.165, 1.54) is 6.07 Å². The molecule has 0 aliphatic rings. The van der Waals surface area contributed by atoms with E-state index in [1.54, 1.807) is 11.0 Å². The number of hydrogen-bond donors (Lipinski definition) is 1. The van der Waals surface area contributed by atoms with Crippen LogP contribution < -0.4 is 5.32 Å². The van der Waals surface area contributed by atoms with E-state index in [1.807, 2.05) is 34.6 Å². The molecule has 0 aliphatic carbocycles. The van der Waals surface area contributed by atoms with Gasteiger partial charge in [-0.25, -0.2) is 4.79 Å². The minimum Gasteiger partial charge on any atom is -0.444 e. The van der Waals surface area contributed by atoms with Crippen LogP contribution in [0.2, 0.25) is 0 Å². The van der Waals surface area contributed by atoms with Gasteiger partial charge in [0.05, 0.1) is 4.92 Å². The number of nitro groups is 1. The van der Waals surface area contributed by atoms with Crippen LogP contribution in [0.1, 0.15) is 39.5 Å². The van der Waals surface area contributed by atoms with Gasteiger partial charge in [0, 0.05) is 36.6 Å². The van der Waals surface area contributed by atoms with E-state index in [0.29, 0.717) is 19.6 Å². The Morgan fingerprint density at radius 2 is 2.09 bits per heavy atom. The zero-order valence-electron chi connectivity index (χ0n) is 14.3. The summed E-state index contributed by atoms with van der Waals surface area (Å²) in [7, 11) is 0. The van der Waals surface area contributed by atoms with Gasteiger partial charge in [0.25, 0.3) is 0 Å². The molecule has 23 heavy (non-hydrogen) atoms. The Labute approximate surface area is 140 Å². The topological polar surface area (TPSA) is 84.7 Å². The van der Waals surface area contributed by atoms with Crippen molar-refractivity contribution in [2.24, 2.45) is 0 Å². The predicted octanol–water partition coefficient (Wildman–Crippen LogP) is 3.39. The highest BCUT2D eigenvalue weighted by Crippen LogP contribution is 2.23. The van der Waals surface area contributed by atoms with Crippen LogP contribution in [0.15, 0.2) is 12.1 Å². The lowest BCUT2D eigenvalue weighted by Gasteiger charge is -2.30. The Hall–Kier alpha value is -1.67. The fraction of sp³-hybridized carbons (Fsp3) is 0.667. The first-order valence-electron chi connectivity index (χ1n) is 7.53. The summed E-state index contributed by atoms with van der Waals surface area (Å²) in [6.45, 7) is 11.0. The van der Waals surface area contributed by atoms with Gasteiger partial charge in [-0.3, -0.25) is 10.1 Å². The van der Waals surface area contributed by atoms with E-state index in [2.05, 4.69) is 5.32 Å². The molecule has 0 radical (unpaired) electrons. The lowest BCUT2D eigenvalue weighted by Crippen LogP contribution is -2.44. The molecule has 8 heteroatoms. The molecular formula is C15H25N3O4S. The zero-order valence-corrected chi connectivity index (χ0v) is 15.1. The van der Waals surface area contributed by atoms with E-state index >= 15 is 0 Å². The molecule has 0 spiro atoms. The van der Waals surface area contributed by atoms with Crippen LogP contribution in [0.5, 0.6) is 0 Å². The van der Waals surface area contributed by atoms with Crippen LogP contribution >= 0.6 is 11.3 Å². The van der Waals surface area contributed by atoms with Gasteiger partial charge in [-0.1, -0.05) is 11.3 Å². The molecule has 0 unspecified atom stereocenters. The second-order valence-electron chi connectivity index (χ2n) is 6.44. The fourth-order valence-electron chi connectivity index (χ4n) is 1.85. The van der Waals surface area contributed by atoms with Gasteiger partial charge in [-0.05, 0) is 40.7 Å². The highest BCUT2D eigenvalue weighted by atomic mass is 32.1. The molecule has 0 aliphatic heterocycles. The molecule has 7 nitrogen and oxygen atoms in total. The molecule has 1 aromatic rings. The van der Waals surface area contributed by atoms with E-state index in [-0.39, 0.29) is 17.1 Å². The van der Waals surface area contributed by atoms with Gasteiger partial charge in [0.1, 0.15) is 5.60 Å². The van der Waals surface area contributed by atoms with Gasteiger partial charge < -0.3 is 15.0 Å². The monoisotopic (exact) mass is 343 g/mol. The minimum atomic E-state index is -0.520. The van der Waals surface area contributed by atoms with Gasteiger partial charge >= 0.3 is 11.1 Å². The molecule has 1 amide bonds. The van der Waals surface area contributed by atoms with E-state index < -0.39 is 10.5 Å². The SMILES string of the molecule is CC(C)N(CCNCc1ccc([N+](=O)[O-])s1)C(=O)OC(C)(C)C. The van der Waals surface area contributed by atoms with Gasteiger partial charge in [0.15, 0.2) is 0 Å². The van der Waals surface area contributed by atoms with Crippen molar-refractivity contribution in [2.75, 3.05) is 13.1 Å². The average molecular weight is 343 g/mol. The molecule has 130 valence electrons.